The maximum atomic E-state index is 11.6. The summed E-state index contributed by atoms with van der Waals surface area (Å²) >= 11 is 5.70. The van der Waals surface area contributed by atoms with Crippen LogP contribution in [0.2, 0.25) is 5.15 Å². The van der Waals surface area contributed by atoms with E-state index in [1.165, 1.54) is 0 Å². The average Bonchev–Trinajstić information content (AvgIpc) is 2.42. The maximum absolute atomic E-state index is 11.6. The van der Waals surface area contributed by atoms with E-state index in [9.17, 15) is 4.79 Å². The Labute approximate surface area is 117 Å². The molecule has 1 aromatic heterocycles. The third-order valence-corrected chi connectivity index (χ3v) is 3.46. The molecule has 6 heteroatoms. The lowest BCUT2D eigenvalue weighted by molar-refractivity contribution is -0.149. The second-order valence-corrected chi connectivity index (χ2v) is 5.02. The molecule has 19 heavy (non-hydrogen) atoms. The summed E-state index contributed by atoms with van der Waals surface area (Å²) in [6.07, 6.45) is 4.95. The van der Waals surface area contributed by atoms with Crippen molar-refractivity contribution in [1.82, 2.24) is 14.9 Å². The monoisotopic (exact) mass is 283 g/mol. The van der Waals surface area contributed by atoms with Gasteiger partial charge in [-0.3, -0.25) is 14.7 Å². The van der Waals surface area contributed by atoms with Gasteiger partial charge in [-0.05, 0) is 32.9 Å². The summed E-state index contributed by atoms with van der Waals surface area (Å²) < 4.78 is 5.05. The highest BCUT2D eigenvalue weighted by molar-refractivity contribution is 6.29. The molecule has 0 spiro atoms. The lowest BCUT2D eigenvalue weighted by Gasteiger charge is -2.30. The Kier molecular flexibility index (Phi) is 5.10. The van der Waals surface area contributed by atoms with E-state index in [4.69, 9.17) is 16.3 Å². The molecule has 0 aliphatic carbocycles. The number of rotatable bonds is 4. The Balaban J connectivity index is 1.80. The van der Waals surface area contributed by atoms with Gasteiger partial charge in [-0.1, -0.05) is 11.6 Å². The molecule has 1 aliphatic heterocycles. The molecular weight excluding hydrogens is 266 g/mol. The summed E-state index contributed by atoms with van der Waals surface area (Å²) in [5.74, 6) is -0.0130. The molecule has 0 atom stereocenters. The van der Waals surface area contributed by atoms with E-state index >= 15 is 0 Å². The topological polar surface area (TPSA) is 55.3 Å². The number of esters is 1. The number of piperidine rings is 1. The number of halogens is 1. The number of carbonyl (C=O) groups is 1. The molecule has 0 amide bonds. The first kappa shape index (κ1) is 14.2. The van der Waals surface area contributed by atoms with Crippen LogP contribution >= 0.6 is 11.6 Å². The van der Waals surface area contributed by atoms with Gasteiger partial charge in [0, 0.05) is 6.54 Å². The molecule has 1 fully saturated rings. The van der Waals surface area contributed by atoms with Crippen LogP contribution in [0.3, 0.4) is 0 Å². The van der Waals surface area contributed by atoms with Crippen LogP contribution in [0.25, 0.3) is 0 Å². The highest BCUT2D eigenvalue weighted by atomic mass is 35.5. The Hall–Kier alpha value is -1.20. The molecular formula is C13H18ClN3O2. The van der Waals surface area contributed by atoms with E-state index in [-0.39, 0.29) is 11.9 Å². The third kappa shape index (κ3) is 4.14. The fourth-order valence-corrected chi connectivity index (χ4v) is 2.33. The molecule has 0 bridgehead atoms. The van der Waals surface area contributed by atoms with E-state index in [1.807, 2.05) is 6.92 Å². The van der Waals surface area contributed by atoms with Crippen LogP contribution in [0.5, 0.6) is 0 Å². The van der Waals surface area contributed by atoms with E-state index in [2.05, 4.69) is 14.9 Å². The number of carbonyl (C=O) groups excluding carboxylic acids is 1. The molecule has 0 N–H and O–H groups in total. The number of ether oxygens (including phenoxy) is 1. The molecule has 1 aliphatic rings. The summed E-state index contributed by atoms with van der Waals surface area (Å²) in [4.78, 5) is 22.1. The summed E-state index contributed by atoms with van der Waals surface area (Å²) in [5, 5.41) is 0.407. The average molecular weight is 284 g/mol. The zero-order valence-corrected chi connectivity index (χ0v) is 11.8. The highest BCUT2D eigenvalue weighted by Gasteiger charge is 2.25. The molecule has 0 saturated carbocycles. The van der Waals surface area contributed by atoms with Crippen LogP contribution < -0.4 is 0 Å². The molecule has 0 aromatic carbocycles. The van der Waals surface area contributed by atoms with Gasteiger partial charge in [0.2, 0.25) is 0 Å². The van der Waals surface area contributed by atoms with Gasteiger partial charge in [-0.25, -0.2) is 4.98 Å². The van der Waals surface area contributed by atoms with E-state index in [1.54, 1.807) is 12.4 Å². The number of likely N-dealkylation sites (tertiary alicyclic amines) is 1. The zero-order chi connectivity index (χ0) is 13.7. The Bertz CT molecular complexity index is 416. The first-order valence-electron chi connectivity index (χ1n) is 6.54. The van der Waals surface area contributed by atoms with Crippen LogP contribution in [0.1, 0.15) is 25.5 Å². The van der Waals surface area contributed by atoms with E-state index < -0.39 is 0 Å². The van der Waals surface area contributed by atoms with Gasteiger partial charge in [0.25, 0.3) is 0 Å². The van der Waals surface area contributed by atoms with Gasteiger partial charge in [0.05, 0.1) is 30.6 Å². The van der Waals surface area contributed by atoms with Crippen molar-refractivity contribution in [2.75, 3.05) is 19.7 Å². The fraction of sp³-hybridized carbons (Fsp3) is 0.615. The van der Waals surface area contributed by atoms with Crippen molar-refractivity contribution < 1.29 is 9.53 Å². The number of nitrogens with zero attached hydrogens (tertiary/aromatic N) is 3. The predicted molar refractivity (Wildman–Crippen MR) is 71.7 cm³/mol. The number of hydrogen-bond acceptors (Lipinski definition) is 5. The molecule has 104 valence electrons. The molecule has 0 radical (unpaired) electrons. The largest absolute Gasteiger partial charge is 0.466 e. The van der Waals surface area contributed by atoms with Gasteiger partial charge < -0.3 is 4.74 Å². The minimum Gasteiger partial charge on any atom is -0.466 e. The van der Waals surface area contributed by atoms with Crippen molar-refractivity contribution in [3.63, 3.8) is 0 Å². The van der Waals surface area contributed by atoms with Gasteiger partial charge in [-0.2, -0.15) is 0 Å². The smallest absolute Gasteiger partial charge is 0.309 e. The van der Waals surface area contributed by atoms with Gasteiger partial charge in [0.15, 0.2) is 0 Å². The molecule has 1 aromatic rings. The van der Waals surface area contributed by atoms with Crippen molar-refractivity contribution in [3.8, 4) is 0 Å². The standard InChI is InChI=1S/C13H18ClN3O2/c1-2-19-13(18)10-3-5-17(6-4-10)9-11-7-16-12(14)8-15-11/h7-8,10H,2-6,9H2,1H3. The van der Waals surface area contributed by atoms with Crippen molar-refractivity contribution in [2.24, 2.45) is 5.92 Å². The molecule has 2 heterocycles. The van der Waals surface area contributed by atoms with Crippen molar-refractivity contribution in [2.45, 2.75) is 26.3 Å². The first-order chi connectivity index (χ1) is 9.19. The van der Waals surface area contributed by atoms with Crippen molar-refractivity contribution >= 4 is 17.6 Å². The van der Waals surface area contributed by atoms with Gasteiger partial charge in [0.1, 0.15) is 5.15 Å². The fourth-order valence-electron chi connectivity index (χ4n) is 2.24. The summed E-state index contributed by atoms with van der Waals surface area (Å²) in [7, 11) is 0. The van der Waals surface area contributed by atoms with Crippen molar-refractivity contribution in [1.29, 1.82) is 0 Å². The quantitative estimate of drug-likeness (QED) is 0.790. The SMILES string of the molecule is CCOC(=O)C1CCN(Cc2cnc(Cl)cn2)CC1. The third-order valence-electron chi connectivity index (χ3n) is 3.27. The summed E-state index contributed by atoms with van der Waals surface area (Å²) in [6.45, 7) is 4.81. The normalized spacial score (nSPS) is 17.4. The van der Waals surface area contributed by atoms with E-state index in [0.29, 0.717) is 11.8 Å². The second kappa shape index (κ2) is 6.82. The highest BCUT2D eigenvalue weighted by Crippen LogP contribution is 2.19. The molecule has 2 rings (SSSR count). The lowest BCUT2D eigenvalue weighted by atomic mass is 9.97. The van der Waals surface area contributed by atoms with Crippen LogP contribution in [-0.2, 0) is 16.1 Å². The number of aromatic nitrogens is 2. The second-order valence-electron chi connectivity index (χ2n) is 4.63. The predicted octanol–water partition coefficient (Wildman–Crippen LogP) is 1.91. The van der Waals surface area contributed by atoms with Gasteiger partial charge >= 0.3 is 5.97 Å². The van der Waals surface area contributed by atoms with Crippen LogP contribution in [0.4, 0.5) is 0 Å². The Morgan fingerprint density at radius 1 is 1.42 bits per heavy atom. The van der Waals surface area contributed by atoms with Crippen LogP contribution in [0.15, 0.2) is 12.4 Å². The van der Waals surface area contributed by atoms with Gasteiger partial charge in [-0.15, -0.1) is 0 Å². The molecule has 0 unspecified atom stereocenters. The summed E-state index contributed by atoms with van der Waals surface area (Å²) in [5.41, 5.74) is 0.902. The first-order valence-corrected chi connectivity index (χ1v) is 6.92. The zero-order valence-electron chi connectivity index (χ0n) is 11.0. The minimum atomic E-state index is -0.0616. The molecule has 1 saturated heterocycles. The molecule has 5 nitrogen and oxygen atoms in total. The van der Waals surface area contributed by atoms with Crippen molar-refractivity contribution in [3.05, 3.63) is 23.2 Å². The maximum Gasteiger partial charge on any atom is 0.309 e. The lowest BCUT2D eigenvalue weighted by Crippen LogP contribution is -2.36. The van der Waals surface area contributed by atoms with E-state index in [0.717, 1.165) is 38.2 Å². The minimum absolute atomic E-state index is 0.0486. The number of hydrogen-bond donors (Lipinski definition) is 0. The Morgan fingerprint density at radius 2 is 2.16 bits per heavy atom. The van der Waals surface area contributed by atoms with Crippen LogP contribution in [0, 0.1) is 5.92 Å². The summed E-state index contributed by atoms with van der Waals surface area (Å²) in [6, 6.07) is 0. The van der Waals surface area contributed by atoms with Crippen LogP contribution in [-0.4, -0.2) is 40.5 Å². The Morgan fingerprint density at radius 3 is 2.74 bits per heavy atom.